The second kappa shape index (κ2) is 8.68. The standard InChI is InChI=1S/C18H22N4O6S2/c1-2-28-18(23)14-3-8-17(20-13-14)21-9-11-22(12-10-21)30(26,27)16-6-4-15(5-7-16)29(19,24)25/h3-8,13H,2,9-12H2,1H3,(H2,19,24,25). The van der Waals surface area contributed by atoms with Crippen LogP contribution < -0.4 is 10.0 Å². The number of esters is 1. The third kappa shape index (κ3) is 4.78. The van der Waals surface area contributed by atoms with Gasteiger partial charge >= 0.3 is 5.97 Å². The molecule has 1 aliphatic rings. The lowest BCUT2D eigenvalue weighted by molar-refractivity contribution is 0.0526. The third-order valence-electron chi connectivity index (χ3n) is 4.61. The van der Waals surface area contributed by atoms with Crippen LogP contribution in [0, 0.1) is 0 Å². The maximum absolute atomic E-state index is 12.8. The summed E-state index contributed by atoms with van der Waals surface area (Å²) >= 11 is 0. The summed E-state index contributed by atoms with van der Waals surface area (Å²) < 4.78 is 54.6. The molecule has 0 saturated carbocycles. The molecule has 0 bridgehead atoms. The molecule has 162 valence electrons. The fourth-order valence-corrected chi connectivity index (χ4v) is 4.95. The number of carbonyl (C=O) groups excluding carboxylic acids is 1. The van der Waals surface area contributed by atoms with Crippen molar-refractivity contribution in [3.05, 3.63) is 48.2 Å². The first-order chi connectivity index (χ1) is 14.1. The van der Waals surface area contributed by atoms with Gasteiger partial charge in [0.15, 0.2) is 0 Å². The fraction of sp³-hybridized carbons (Fsp3) is 0.333. The summed E-state index contributed by atoms with van der Waals surface area (Å²) in [6.45, 7) is 3.31. The topological polar surface area (TPSA) is 140 Å². The second-order valence-corrected chi connectivity index (χ2v) is 10.0. The predicted octanol–water partition coefficient (Wildman–Crippen LogP) is 0.417. The number of anilines is 1. The molecule has 2 N–H and O–H groups in total. The van der Waals surface area contributed by atoms with E-state index in [0.29, 0.717) is 24.5 Å². The Morgan fingerprint density at radius 2 is 1.60 bits per heavy atom. The van der Waals surface area contributed by atoms with Crippen molar-refractivity contribution in [3.63, 3.8) is 0 Å². The van der Waals surface area contributed by atoms with Crippen molar-refractivity contribution in [2.24, 2.45) is 5.14 Å². The van der Waals surface area contributed by atoms with Crippen molar-refractivity contribution >= 4 is 31.8 Å². The number of nitrogens with zero attached hydrogens (tertiary/aromatic N) is 3. The first-order valence-corrected chi connectivity index (χ1v) is 12.1. The SMILES string of the molecule is CCOC(=O)c1ccc(N2CCN(S(=O)(=O)c3ccc(S(N)(=O)=O)cc3)CC2)nc1. The number of nitrogens with two attached hydrogens (primary N) is 1. The first kappa shape index (κ1) is 22.2. The zero-order chi connectivity index (χ0) is 21.9. The van der Waals surface area contributed by atoms with Gasteiger partial charge in [0, 0.05) is 32.4 Å². The van der Waals surface area contributed by atoms with E-state index in [9.17, 15) is 21.6 Å². The molecule has 12 heteroatoms. The lowest BCUT2D eigenvalue weighted by Gasteiger charge is -2.34. The van der Waals surface area contributed by atoms with Crippen LogP contribution in [-0.2, 0) is 24.8 Å². The number of carbonyl (C=O) groups is 1. The lowest BCUT2D eigenvalue weighted by atomic mass is 10.2. The highest BCUT2D eigenvalue weighted by Gasteiger charge is 2.29. The van der Waals surface area contributed by atoms with Crippen molar-refractivity contribution in [1.82, 2.24) is 9.29 Å². The maximum Gasteiger partial charge on any atom is 0.339 e. The van der Waals surface area contributed by atoms with Gasteiger partial charge in [-0.2, -0.15) is 4.31 Å². The Balaban J connectivity index is 1.66. The van der Waals surface area contributed by atoms with Gasteiger partial charge in [-0.1, -0.05) is 0 Å². The highest BCUT2D eigenvalue weighted by Crippen LogP contribution is 2.21. The summed E-state index contributed by atoms with van der Waals surface area (Å²) in [4.78, 5) is 17.8. The molecule has 2 aromatic rings. The Labute approximate surface area is 175 Å². The molecule has 10 nitrogen and oxygen atoms in total. The lowest BCUT2D eigenvalue weighted by Crippen LogP contribution is -2.48. The number of piperazine rings is 1. The van der Waals surface area contributed by atoms with Crippen LogP contribution in [0.1, 0.15) is 17.3 Å². The third-order valence-corrected chi connectivity index (χ3v) is 7.45. The predicted molar refractivity (Wildman–Crippen MR) is 109 cm³/mol. The van der Waals surface area contributed by atoms with Crippen LogP contribution in [0.5, 0.6) is 0 Å². The first-order valence-electron chi connectivity index (χ1n) is 9.14. The van der Waals surface area contributed by atoms with Crippen molar-refractivity contribution in [2.75, 3.05) is 37.7 Å². The van der Waals surface area contributed by atoms with E-state index in [1.807, 2.05) is 4.90 Å². The maximum atomic E-state index is 12.8. The van der Waals surface area contributed by atoms with Crippen molar-refractivity contribution in [2.45, 2.75) is 16.7 Å². The van der Waals surface area contributed by atoms with Crippen LogP contribution in [-0.4, -0.2) is 64.9 Å². The second-order valence-electron chi connectivity index (χ2n) is 6.53. The van der Waals surface area contributed by atoms with Gasteiger partial charge in [0.25, 0.3) is 0 Å². The summed E-state index contributed by atoms with van der Waals surface area (Å²) in [5, 5.41) is 5.05. The number of aromatic nitrogens is 1. The molecular weight excluding hydrogens is 432 g/mol. The number of primary sulfonamides is 1. The molecule has 0 radical (unpaired) electrons. The van der Waals surface area contributed by atoms with Crippen molar-refractivity contribution in [1.29, 1.82) is 0 Å². The Morgan fingerprint density at radius 3 is 2.10 bits per heavy atom. The van der Waals surface area contributed by atoms with E-state index in [4.69, 9.17) is 9.88 Å². The number of rotatable bonds is 6. The fourth-order valence-electron chi connectivity index (χ4n) is 3.02. The molecule has 1 aromatic heterocycles. The molecule has 1 aliphatic heterocycles. The van der Waals surface area contributed by atoms with E-state index in [1.165, 1.54) is 34.8 Å². The minimum Gasteiger partial charge on any atom is -0.462 e. The highest BCUT2D eigenvalue weighted by atomic mass is 32.2. The number of pyridine rings is 1. The summed E-state index contributed by atoms with van der Waals surface area (Å²) in [6, 6.07) is 8.13. The van der Waals surface area contributed by atoms with E-state index >= 15 is 0 Å². The number of benzene rings is 1. The molecular formula is C18H22N4O6S2. The van der Waals surface area contributed by atoms with Gasteiger partial charge in [-0.15, -0.1) is 0 Å². The molecule has 0 spiro atoms. The molecule has 1 saturated heterocycles. The van der Waals surface area contributed by atoms with Gasteiger partial charge in [0.2, 0.25) is 20.0 Å². The number of ether oxygens (including phenoxy) is 1. The number of hydrogen-bond acceptors (Lipinski definition) is 8. The van der Waals surface area contributed by atoms with E-state index in [-0.39, 0.29) is 29.5 Å². The molecule has 3 rings (SSSR count). The van der Waals surface area contributed by atoms with E-state index in [1.54, 1.807) is 19.1 Å². The molecule has 0 atom stereocenters. The van der Waals surface area contributed by atoms with E-state index in [0.717, 1.165) is 0 Å². The molecule has 0 aliphatic carbocycles. The summed E-state index contributed by atoms with van der Waals surface area (Å²) in [5.41, 5.74) is 0.352. The zero-order valence-electron chi connectivity index (χ0n) is 16.3. The van der Waals surface area contributed by atoms with Gasteiger partial charge in [0.1, 0.15) is 5.82 Å². The van der Waals surface area contributed by atoms with Crippen LogP contribution in [0.25, 0.3) is 0 Å². The molecule has 0 unspecified atom stereocenters. The Hall–Kier alpha value is -2.54. The van der Waals surface area contributed by atoms with E-state index in [2.05, 4.69) is 4.98 Å². The molecule has 1 fully saturated rings. The number of hydrogen-bond donors (Lipinski definition) is 1. The summed E-state index contributed by atoms with van der Waals surface area (Å²) in [6.07, 6.45) is 1.43. The zero-order valence-corrected chi connectivity index (χ0v) is 17.9. The largest absolute Gasteiger partial charge is 0.462 e. The summed E-state index contributed by atoms with van der Waals surface area (Å²) in [5.74, 6) is 0.193. The monoisotopic (exact) mass is 454 g/mol. The molecule has 1 aromatic carbocycles. The Bertz CT molecular complexity index is 1110. The highest BCUT2D eigenvalue weighted by molar-refractivity contribution is 7.89. The van der Waals surface area contributed by atoms with Crippen LogP contribution in [0.3, 0.4) is 0 Å². The average molecular weight is 455 g/mol. The molecule has 2 heterocycles. The molecule has 0 amide bonds. The van der Waals surface area contributed by atoms with Gasteiger partial charge in [0.05, 0.1) is 22.0 Å². The van der Waals surface area contributed by atoms with Gasteiger partial charge in [-0.25, -0.2) is 31.8 Å². The van der Waals surface area contributed by atoms with Crippen LogP contribution >= 0.6 is 0 Å². The van der Waals surface area contributed by atoms with Crippen molar-refractivity contribution in [3.8, 4) is 0 Å². The Morgan fingerprint density at radius 1 is 1.00 bits per heavy atom. The smallest absolute Gasteiger partial charge is 0.339 e. The number of sulfonamides is 2. The van der Waals surface area contributed by atoms with Gasteiger partial charge in [-0.05, 0) is 43.3 Å². The minimum atomic E-state index is -3.89. The van der Waals surface area contributed by atoms with Crippen LogP contribution in [0.2, 0.25) is 0 Å². The summed E-state index contributed by atoms with van der Waals surface area (Å²) in [7, 11) is -7.66. The van der Waals surface area contributed by atoms with E-state index < -0.39 is 26.0 Å². The van der Waals surface area contributed by atoms with Crippen molar-refractivity contribution < 1.29 is 26.4 Å². The van der Waals surface area contributed by atoms with Gasteiger partial charge in [-0.3, -0.25) is 0 Å². The normalized spacial score (nSPS) is 15.7. The minimum absolute atomic E-state index is 0.000245. The quantitative estimate of drug-likeness (QED) is 0.619. The van der Waals surface area contributed by atoms with Gasteiger partial charge < -0.3 is 9.64 Å². The molecule has 30 heavy (non-hydrogen) atoms. The Kier molecular flexibility index (Phi) is 6.41. The average Bonchev–Trinajstić information content (AvgIpc) is 2.73. The van der Waals surface area contributed by atoms with Crippen LogP contribution in [0.15, 0.2) is 52.4 Å². The van der Waals surface area contributed by atoms with Crippen LogP contribution in [0.4, 0.5) is 5.82 Å².